The Bertz CT molecular complexity index is 862. The van der Waals surface area contributed by atoms with Gasteiger partial charge in [-0.05, 0) is 18.4 Å². The molecule has 1 aromatic carbocycles. The molecule has 2 heterocycles. The van der Waals surface area contributed by atoms with Crippen LogP contribution in [0.5, 0.6) is 0 Å². The number of nitrogens with one attached hydrogen (secondary N) is 1. The third-order valence-electron chi connectivity index (χ3n) is 5.21. The Morgan fingerprint density at radius 2 is 1.81 bits per heavy atom. The number of hydrogen-bond donors (Lipinski definition) is 1. The lowest BCUT2D eigenvalue weighted by molar-refractivity contribution is 0.377. The predicted octanol–water partition coefficient (Wildman–Crippen LogP) is 1.61. The standard InChI is InChI=1S/C17H23N5O2S2/c1-12-15(14-6-4-3-5-7-14)16(12)20-26(23,24)22-10-8-21(9-11-22)17-19-18-13(2)25-17/h3-7,12,15-16,20H,8-11H2,1-2H3/t12-,15-,16+/m1/s1. The van der Waals surface area contributed by atoms with Crippen LogP contribution in [-0.2, 0) is 10.2 Å². The highest BCUT2D eigenvalue weighted by atomic mass is 32.2. The zero-order valence-corrected chi connectivity index (χ0v) is 16.5. The number of rotatable bonds is 5. The van der Waals surface area contributed by atoms with E-state index in [-0.39, 0.29) is 12.0 Å². The molecule has 2 aliphatic rings. The Morgan fingerprint density at radius 1 is 1.12 bits per heavy atom. The predicted molar refractivity (Wildman–Crippen MR) is 103 cm³/mol. The maximum Gasteiger partial charge on any atom is 0.279 e. The van der Waals surface area contributed by atoms with E-state index in [1.54, 1.807) is 15.6 Å². The number of aromatic nitrogens is 2. The summed E-state index contributed by atoms with van der Waals surface area (Å²) in [5, 5.41) is 9.98. The second-order valence-corrected chi connectivity index (χ2v) is 9.80. The summed E-state index contributed by atoms with van der Waals surface area (Å²) in [5.74, 6) is 0.578. The van der Waals surface area contributed by atoms with Crippen LogP contribution in [0.3, 0.4) is 0 Å². The first kappa shape index (κ1) is 17.8. The van der Waals surface area contributed by atoms with Gasteiger partial charge in [0.1, 0.15) is 5.01 Å². The lowest BCUT2D eigenvalue weighted by atomic mass is 10.1. The van der Waals surface area contributed by atoms with Gasteiger partial charge in [0.15, 0.2) is 0 Å². The first-order valence-corrected chi connectivity index (χ1v) is 11.1. The van der Waals surface area contributed by atoms with Crippen molar-refractivity contribution >= 4 is 26.7 Å². The van der Waals surface area contributed by atoms with Gasteiger partial charge in [0.25, 0.3) is 10.2 Å². The van der Waals surface area contributed by atoms with Gasteiger partial charge in [-0.15, -0.1) is 10.2 Å². The van der Waals surface area contributed by atoms with Crippen molar-refractivity contribution in [2.75, 3.05) is 31.1 Å². The highest BCUT2D eigenvalue weighted by molar-refractivity contribution is 7.87. The number of aryl methyl sites for hydroxylation is 1. The number of benzene rings is 1. The Labute approximate surface area is 158 Å². The summed E-state index contributed by atoms with van der Waals surface area (Å²) in [6.45, 7) is 6.22. The van der Waals surface area contributed by atoms with E-state index in [0.717, 1.165) is 10.1 Å². The molecular formula is C17H23N5O2S2. The summed E-state index contributed by atoms with van der Waals surface area (Å²) in [7, 11) is -3.47. The molecule has 1 saturated carbocycles. The van der Waals surface area contributed by atoms with E-state index in [9.17, 15) is 8.42 Å². The van der Waals surface area contributed by atoms with Crippen LogP contribution in [0.15, 0.2) is 30.3 Å². The fourth-order valence-electron chi connectivity index (χ4n) is 3.61. The maximum absolute atomic E-state index is 12.8. The van der Waals surface area contributed by atoms with Crippen LogP contribution in [0.25, 0.3) is 0 Å². The molecule has 1 aromatic heterocycles. The van der Waals surface area contributed by atoms with Crippen LogP contribution in [0.1, 0.15) is 23.4 Å². The van der Waals surface area contributed by atoms with Crippen molar-refractivity contribution in [1.29, 1.82) is 0 Å². The molecule has 3 atom stereocenters. The van der Waals surface area contributed by atoms with Crippen molar-refractivity contribution in [3.63, 3.8) is 0 Å². The molecule has 0 amide bonds. The molecular weight excluding hydrogens is 370 g/mol. The van der Waals surface area contributed by atoms with Crippen molar-refractivity contribution in [3.05, 3.63) is 40.9 Å². The molecule has 2 aromatic rings. The molecule has 0 bridgehead atoms. The van der Waals surface area contributed by atoms with Gasteiger partial charge in [0.2, 0.25) is 5.13 Å². The van der Waals surface area contributed by atoms with Crippen molar-refractivity contribution < 1.29 is 8.42 Å². The smallest absolute Gasteiger partial charge is 0.279 e. The van der Waals surface area contributed by atoms with E-state index >= 15 is 0 Å². The van der Waals surface area contributed by atoms with Gasteiger partial charge in [0.05, 0.1) is 0 Å². The highest BCUT2D eigenvalue weighted by Gasteiger charge is 2.50. The topological polar surface area (TPSA) is 78.4 Å². The summed E-state index contributed by atoms with van der Waals surface area (Å²) >= 11 is 1.54. The van der Waals surface area contributed by atoms with Crippen LogP contribution < -0.4 is 9.62 Å². The van der Waals surface area contributed by atoms with Gasteiger partial charge < -0.3 is 4.90 Å². The van der Waals surface area contributed by atoms with E-state index in [0.29, 0.717) is 32.1 Å². The average Bonchev–Trinajstić information content (AvgIpc) is 3.04. The first-order valence-electron chi connectivity index (χ1n) is 8.83. The van der Waals surface area contributed by atoms with Crippen molar-refractivity contribution in [2.45, 2.75) is 25.8 Å². The normalized spacial score (nSPS) is 26.8. The average molecular weight is 394 g/mol. The SMILES string of the molecule is Cc1nnc(N2CCN(S(=O)(=O)N[C@H]3[C@H](C)[C@@H]3c3ccccc3)CC2)s1. The minimum atomic E-state index is -3.47. The number of hydrogen-bond acceptors (Lipinski definition) is 6. The fraction of sp³-hybridized carbons (Fsp3) is 0.529. The lowest BCUT2D eigenvalue weighted by Gasteiger charge is -2.33. The number of piperazine rings is 1. The van der Waals surface area contributed by atoms with Crippen LogP contribution in [0.2, 0.25) is 0 Å². The Morgan fingerprint density at radius 3 is 2.42 bits per heavy atom. The molecule has 1 saturated heterocycles. The van der Waals surface area contributed by atoms with Crippen LogP contribution in [-0.4, -0.2) is 55.1 Å². The molecule has 1 aliphatic heterocycles. The lowest BCUT2D eigenvalue weighted by Crippen LogP contribution is -2.52. The van der Waals surface area contributed by atoms with Crippen molar-refractivity contribution in [3.8, 4) is 0 Å². The molecule has 0 radical (unpaired) electrons. The zero-order chi connectivity index (χ0) is 18.3. The van der Waals surface area contributed by atoms with Crippen LogP contribution in [0, 0.1) is 12.8 Å². The summed E-state index contributed by atoms with van der Waals surface area (Å²) in [6, 6.07) is 10.1. The molecule has 1 N–H and O–H groups in total. The third-order valence-corrected chi connectivity index (χ3v) is 7.73. The minimum absolute atomic E-state index is 0.0220. The monoisotopic (exact) mass is 393 g/mol. The second kappa shape index (κ2) is 6.88. The Kier molecular flexibility index (Phi) is 4.72. The van der Waals surface area contributed by atoms with E-state index in [4.69, 9.17) is 0 Å². The first-order chi connectivity index (χ1) is 12.5. The third kappa shape index (κ3) is 3.48. The van der Waals surface area contributed by atoms with Gasteiger partial charge in [-0.1, -0.05) is 48.6 Å². The minimum Gasteiger partial charge on any atom is -0.344 e. The highest BCUT2D eigenvalue weighted by Crippen LogP contribution is 2.47. The molecule has 0 unspecified atom stereocenters. The quantitative estimate of drug-likeness (QED) is 0.835. The van der Waals surface area contributed by atoms with E-state index in [1.165, 1.54) is 5.56 Å². The summed E-state index contributed by atoms with van der Waals surface area (Å²) in [5.41, 5.74) is 1.20. The largest absolute Gasteiger partial charge is 0.344 e. The number of nitrogens with zero attached hydrogens (tertiary/aromatic N) is 4. The molecule has 0 spiro atoms. The van der Waals surface area contributed by atoms with E-state index < -0.39 is 10.2 Å². The van der Waals surface area contributed by atoms with Crippen LogP contribution >= 0.6 is 11.3 Å². The summed E-state index contributed by atoms with van der Waals surface area (Å²) < 4.78 is 30.0. The van der Waals surface area contributed by atoms with E-state index in [2.05, 4.69) is 38.9 Å². The molecule has 7 nitrogen and oxygen atoms in total. The molecule has 2 fully saturated rings. The van der Waals surface area contributed by atoms with Gasteiger partial charge in [-0.3, -0.25) is 0 Å². The van der Waals surface area contributed by atoms with Gasteiger partial charge in [-0.2, -0.15) is 17.4 Å². The van der Waals surface area contributed by atoms with Gasteiger partial charge in [-0.25, -0.2) is 0 Å². The molecule has 26 heavy (non-hydrogen) atoms. The second-order valence-electron chi connectivity index (χ2n) is 6.93. The van der Waals surface area contributed by atoms with Gasteiger partial charge >= 0.3 is 0 Å². The zero-order valence-electron chi connectivity index (χ0n) is 14.9. The summed E-state index contributed by atoms with van der Waals surface area (Å²) in [6.07, 6.45) is 0. The molecule has 4 rings (SSSR count). The fourth-order valence-corrected chi connectivity index (χ4v) is 5.85. The number of anilines is 1. The maximum atomic E-state index is 12.8. The molecule has 140 valence electrons. The molecule has 9 heteroatoms. The Hall–Kier alpha value is -1.55. The van der Waals surface area contributed by atoms with Crippen molar-refractivity contribution in [2.24, 2.45) is 5.92 Å². The summed E-state index contributed by atoms with van der Waals surface area (Å²) in [4.78, 5) is 2.10. The van der Waals surface area contributed by atoms with Crippen molar-refractivity contribution in [1.82, 2.24) is 19.2 Å². The van der Waals surface area contributed by atoms with Crippen LogP contribution in [0.4, 0.5) is 5.13 Å². The Balaban J connectivity index is 1.36. The van der Waals surface area contributed by atoms with E-state index in [1.807, 2.05) is 25.1 Å². The molecule has 1 aliphatic carbocycles. The van der Waals surface area contributed by atoms with Gasteiger partial charge in [0, 0.05) is 38.1 Å².